The average Bonchev–Trinajstić information content (AvgIpc) is 2.50. The molecular weight excluding hydrogens is 274 g/mol. The van der Waals surface area contributed by atoms with Crippen molar-refractivity contribution in [2.45, 2.75) is 64.8 Å². The molecule has 0 fully saturated rings. The number of aryl methyl sites for hydroxylation is 1. The zero-order chi connectivity index (χ0) is 16.4. The molecular formula is C18H29N3O. The lowest BCUT2D eigenvalue weighted by atomic mass is 10.0. The molecule has 1 aromatic rings. The Bertz CT molecular complexity index is 485. The summed E-state index contributed by atoms with van der Waals surface area (Å²) in [5.74, 6) is -0.205. The SMILES string of the molecule is CCCCCCCCc1cccc(C(=O)N[C@H](C)C(=N)N)c1. The van der Waals surface area contributed by atoms with Gasteiger partial charge in [-0.2, -0.15) is 0 Å². The molecule has 0 aliphatic rings. The minimum Gasteiger partial charge on any atom is -0.386 e. The highest BCUT2D eigenvalue weighted by atomic mass is 16.1. The first-order valence-electron chi connectivity index (χ1n) is 8.28. The summed E-state index contributed by atoms with van der Waals surface area (Å²) in [5.41, 5.74) is 7.21. The Labute approximate surface area is 134 Å². The van der Waals surface area contributed by atoms with Crippen LogP contribution in [-0.2, 0) is 6.42 Å². The van der Waals surface area contributed by atoms with Gasteiger partial charge in [0.1, 0.15) is 5.84 Å². The van der Waals surface area contributed by atoms with Crippen LogP contribution in [0.25, 0.3) is 0 Å². The van der Waals surface area contributed by atoms with Crippen molar-refractivity contribution >= 4 is 11.7 Å². The number of unbranched alkanes of at least 4 members (excludes halogenated alkanes) is 5. The van der Waals surface area contributed by atoms with Crippen molar-refractivity contribution in [2.24, 2.45) is 5.73 Å². The van der Waals surface area contributed by atoms with Crippen LogP contribution in [0.1, 0.15) is 68.3 Å². The number of hydrogen-bond acceptors (Lipinski definition) is 2. The van der Waals surface area contributed by atoms with Gasteiger partial charge in [0.15, 0.2) is 0 Å². The van der Waals surface area contributed by atoms with Crippen molar-refractivity contribution in [1.82, 2.24) is 5.32 Å². The van der Waals surface area contributed by atoms with Gasteiger partial charge < -0.3 is 11.1 Å². The van der Waals surface area contributed by atoms with Gasteiger partial charge in [-0.15, -0.1) is 0 Å². The van der Waals surface area contributed by atoms with E-state index in [1.807, 2.05) is 12.1 Å². The Balaban J connectivity index is 2.44. The predicted molar refractivity (Wildman–Crippen MR) is 92.4 cm³/mol. The minimum atomic E-state index is -0.435. The molecule has 1 aromatic carbocycles. The van der Waals surface area contributed by atoms with Crippen molar-refractivity contribution in [2.75, 3.05) is 0 Å². The summed E-state index contributed by atoms with van der Waals surface area (Å²) in [6, 6.07) is 7.28. The lowest BCUT2D eigenvalue weighted by molar-refractivity contribution is 0.0949. The standard InChI is InChI=1S/C18H29N3O/c1-3-4-5-6-7-8-10-15-11-9-12-16(13-15)18(22)21-14(2)17(19)20/h9,11-14H,3-8,10H2,1-2H3,(H3,19,20)(H,21,22)/t14-/m1/s1. The van der Waals surface area contributed by atoms with E-state index in [2.05, 4.69) is 18.3 Å². The number of amidine groups is 1. The van der Waals surface area contributed by atoms with Crippen LogP contribution in [0.3, 0.4) is 0 Å². The van der Waals surface area contributed by atoms with E-state index < -0.39 is 6.04 Å². The van der Waals surface area contributed by atoms with E-state index in [1.54, 1.807) is 13.0 Å². The molecule has 4 heteroatoms. The minimum absolute atomic E-state index is 0.0309. The quantitative estimate of drug-likeness (QED) is 0.350. The number of nitrogens with one attached hydrogen (secondary N) is 2. The van der Waals surface area contributed by atoms with E-state index in [-0.39, 0.29) is 11.7 Å². The molecule has 0 heterocycles. The van der Waals surface area contributed by atoms with Crippen molar-refractivity contribution in [3.05, 3.63) is 35.4 Å². The Hall–Kier alpha value is -1.84. The Morgan fingerprint density at radius 2 is 1.91 bits per heavy atom. The molecule has 1 atom stereocenters. The third-order valence-corrected chi connectivity index (χ3v) is 3.82. The molecule has 0 unspecified atom stereocenters. The fourth-order valence-electron chi connectivity index (χ4n) is 2.34. The van der Waals surface area contributed by atoms with Crippen LogP contribution in [0, 0.1) is 5.41 Å². The maximum atomic E-state index is 12.1. The van der Waals surface area contributed by atoms with Gasteiger partial charge in [-0.1, -0.05) is 51.2 Å². The molecule has 0 aliphatic heterocycles. The van der Waals surface area contributed by atoms with Crippen molar-refractivity contribution in [3.63, 3.8) is 0 Å². The summed E-state index contributed by atoms with van der Waals surface area (Å²) in [6.07, 6.45) is 8.64. The Kier molecular flexibility index (Phi) is 8.26. The van der Waals surface area contributed by atoms with Gasteiger partial charge in [0.25, 0.3) is 5.91 Å². The van der Waals surface area contributed by atoms with Crippen LogP contribution in [0.4, 0.5) is 0 Å². The highest BCUT2D eigenvalue weighted by Gasteiger charge is 2.11. The van der Waals surface area contributed by atoms with Crippen molar-refractivity contribution < 1.29 is 4.79 Å². The largest absolute Gasteiger partial charge is 0.386 e. The maximum absolute atomic E-state index is 12.1. The zero-order valence-corrected chi connectivity index (χ0v) is 13.8. The summed E-state index contributed by atoms with van der Waals surface area (Å²) in [6.45, 7) is 3.93. The van der Waals surface area contributed by atoms with Crippen LogP contribution in [-0.4, -0.2) is 17.8 Å². The summed E-state index contributed by atoms with van der Waals surface area (Å²) < 4.78 is 0. The number of benzene rings is 1. The van der Waals surface area contributed by atoms with Gasteiger partial charge in [-0.3, -0.25) is 10.2 Å². The number of carbonyl (C=O) groups excluding carboxylic acids is 1. The second kappa shape index (κ2) is 9.98. The summed E-state index contributed by atoms with van der Waals surface area (Å²) >= 11 is 0. The molecule has 4 N–H and O–H groups in total. The van der Waals surface area contributed by atoms with Crippen LogP contribution >= 0.6 is 0 Å². The maximum Gasteiger partial charge on any atom is 0.251 e. The summed E-state index contributed by atoms with van der Waals surface area (Å²) in [5, 5.41) is 10.0. The van der Waals surface area contributed by atoms with Gasteiger partial charge in [-0.05, 0) is 37.5 Å². The monoisotopic (exact) mass is 303 g/mol. The topological polar surface area (TPSA) is 79.0 Å². The number of carbonyl (C=O) groups is 1. The number of nitrogens with two attached hydrogens (primary N) is 1. The second-order valence-corrected chi connectivity index (χ2v) is 5.87. The van der Waals surface area contributed by atoms with E-state index >= 15 is 0 Å². The van der Waals surface area contributed by atoms with E-state index in [0.29, 0.717) is 5.56 Å². The van der Waals surface area contributed by atoms with Gasteiger partial charge in [-0.25, -0.2) is 0 Å². The third kappa shape index (κ3) is 6.74. The first kappa shape index (κ1) is 18.2. The molecule has 0 radical (unpaired) electrons. The van der Waals surface area contributed by atoms with Crippen LogP contribution in [0.5, 0.6) is 0 Å². The highest BCUT2D eigenvalue weighted by molar-refractivity contribution is 5.97. The number of amides is 1. The zero-order valence-electron chi connectivity index (χ0n) is 13.8. The van der Waals surface area contributed by atoms with E-state index in [1.165, 1.54) is 44.1 Å². The van der Waals surface area contributed by atoms with Crippen LogP contribution in [0.2, 0.25) is 0 Å². The fourth-order valence-corrected chi connectivity index (χ4v) is 2.34. The molecule has 4 nitrogen and oxygen atoms in total. The van der Waals surface area contributed by atoms with Crippen molar-refractivity contribution in [3.8, 4) is 0 Å². The molecule has 0 aromatic heterocycles. The smallest absolute Gasteiger partial charge is 0.251 e. The van der Waals surface area contributed by atoms with Gasteiger partial charge in [0.2, 0.25) is 0 Å². The lowest BCUT2D eigenvalue weighted by Crippen LogP contribution is -2.41. The van der Waals surface area contributed by atoms with Gasteiger partial charge >= 0.3 is 0 Å². The van der Waals surface area contributed by atoms with Crippen molar-refractivity contribution in [1.29, 1.82) is 5.41 Å². The molecule has 0 saturated carbocycles. The van der Waals surface area contributed by atoms with E-state index in [4.69, 9.17) is 11.1 Å². The molecule has 0 aliphatic carbocycles. The molecule has 0 bridgehead atoms. The highest BCUT2D eigenvalue weighted by Crippen LogP contribution is 2.12. The Morgan fingerprint density at radius 3 is 2.59 bits per heavy atom. The molecule has 0 saturated heterocycles. The number of rotatable bonds is 10. The normalized spacial score (nSPS) is 11.9. The van der Waals surface area contributed by atoms with Gasteiger partial charge in [0, 0.05) is 5.56 Å². The summed E-state index contributed by atoms with van der Waals surface area (Å²) in [7, 11) is 0. The van der Waals surface area contributed by atoms with Gasteiger partial charge in [0.05, 0.1) is 6.04 Å². The average molecular weight is 303 g/mol. The third-order valence-electron chi connectivity index (χ3n) is 3.82. The van der Waals surface area contributed by atoms with Crippen LogP contribution in [0.15, 0.2) is 24.3 Å². The lowest BCUT2D eigenvalue weighted by Gasteiger charge is -2.12. The molecule has 0 spiro atoms. The first-order valence-corrected chi connectivity index (χ1v) is 8.28. The first-order chi connectivity index (χ1) is 10.5. The Morgan fingerprint density at radius 1 is 1.23 bits per heavy atom. The summed E-state index contributed by atoms with van der Waals surface area (Å²) in [4.78, 5) is 12.1. The number of hydrogen-bond donors (Lipinski definition) is 3. The van der Waals surface area contributed by atoms with E-state index in [0.717, 1.165) is 6.42 Å². The predicted octanol–water partition coefficient (Wildman–Crippen LogP) is 3.64. The van der Waals surface area contributed by atoms with E-state index in [9.17, 15) is 4.79 Å². The molecule has 22 heavy (non-hydrogen) atoms. The molecule has 1 amide bonds. The fraction of sp³-hybridized carbons (Fsp3) is 0.556. The molecule has 1 rings (SSSR count). The molecule has 122 valence electrons. The van der Waals surface area contributed by atoms with Crippen LogP contribution < -0.4 is 11.1 Å². The second-order valence-electron chi connectivity index (χ2n) is 5.87.